The summed E-state index contributed by atoms with van der Waals surface area (Å²) in [6, 6.07) is 0. The maximum atomic E-state index is 12.3. The Morgan fingerprint density at radius 3 is 2.87 bits per heavy atom. The van der Waals surface area contributed by atoms with E-state index >= 15 is 0 Å². The van der Waals surface area contributed by atoms with Gasteiger partial charge in [0, 0.05) is 11.5 Å². The van der Waals surface area contributed by atoms with Crippen LogP contribution in [-0.2, 0) is 22.4 Å². The molecule has 0 unspecified atom stereocenters. The summed E-state index contributed by atoms with van der Waals surface area (Å²) in [5, 5.41) is 3.50. The van der Waals surface area contributed by atoms with Crippen molar-refractivity contribution < 1.29 is 14.3 Å². The number of carbonyl (C=O) groups excluding carboxylic acids is 2. The second-order valence-electron chi connectivity index (χ2n) is 6.46. The molecule has 2 amide bonds. The van der Waals surface area contributed by atoms with E-state index in [0.717, 1.165) is 37.7 Å². The summed E-state index contributed by atoms with van der Waals surface area (Å²) in [7, 11) is 0. The summed E-state index contributed by atoms with van der Waals surface area (Å²) >= 11 is 1.52. The molecular weight excluding hydrogens is 312 g/mol. The summed E-state index contributed by atoms with van der Waals surface area (Å²) < 4.78 is 5.41. The van der Waals surface area contributed by atoms with Crippen LogP contribution in [0.2, 0.25) is 0 Å². The lowest BCUT2D eigenvalue weighted by Gasteiger charge is -2.21. The van der Waals surface area contributed by atoms with E-state index in [1.807, 2.05) is 0 Å². The SMILES string of the molecule is CCC[C@H]1CCc2c(sc(NC(=O)[C@H]3CCCO3)c2C(N)=O)C1. The summed E-state index contributed by atoms with van der Waals surface area (Å²) in [4.78, 5) is 25.4. The molecular formula is C17H24N2O3S. The Morgan fingerprint density at radius 1 is 1.39 bits per heavy atom. The number of ether oxygens (including phenoxy) is 1. The summed E-state index contributed by atoms with van der Waals surface area (Å²) in [5.74, 6) is 0.0707. The number of amides is 2. The van der Waals surface area contributed by atoms with Gasteiger partial charge in [-0.1, -0.05) is 19.8 Å². The quantitative estimate of drug-likeness (QED) is 0.867. The van der Waals surface area contributed by atoms with Gasteiger partial charge < -0.3 is 15.8 Å². The van der Waals surface area contributed by atoms with E-state index in [4.69, 9.17) is 10.5 Å². The molecule has 1 aliphatic heterocycles. The van der Waals surface area contributed by atoms with Crippen LogP contribution < -0.4 is 11.1 Å². The minimum Gasteiger partial charge on any atom is -0.368 e. The molecule has 1 aromatic rings. The Balaban J connectivity index is 1.82. The first-order valence-corrected chi connectivity index (χ1v) is 9.28. The largest absolute Gasteiger partial charge is 0.368 e. The topological polar surface area (TPSA) is 81.4 Å². The fourth-order valence-electron chi connectivity index (χ4n) is 3.63. The van der Waals surface area contributed by atoms with Crippen molar-refractivity contribution in [2.24, 2.45) is 11.7 Å². The van der Waals surface area contributed by atoms with Gasteiger partial charge in [-0.2, -0.15) is 0 Å². The number of nitrogens with two attached hydrogens (primary N) is 1. The highest BCUT2D eigenvalue weighted by molar-refractivity contribution is 7.17. The van der Waals surface area contributed by atoms with Crippen molar-refractivity contribution >= 4 is 28.2 Å². The molecule has 1 aromatic heterocycles. The van der Waals surface area contributed by atoms with E-state index in [-0.39, 0.29) is 5.91 Å². The summed E-state index contributed by atoms with van der Waals surface area (Å²) in [6.07, 6.45) is 6.59. The average molecular weight is 336 g/mol. The molecule has 3 rings (SSSR count). The van der Waals surface area contributed by atoms with Crippen LogP contribution in [0.1, 0.15) is 59.8 Å². The second kappa shape index (κ2) is 7.01. The zero-order chi connectivity index (χ0) is 16.4. The highest BCUT2D eigenvalue weighted by atomic mass is 32.1. The Hall–Kier alpha value is -1.40. The Labute approximate surface area is 140 Å². The highest BCUT2D eigenvalue weighted by Crippen LogP contribution is 2.40. The van der Waals surface area contributed by atoms with Gasteiger partial charge in [-0.25, -0.2) is 0 Å². The highest BCUT2D eigenvalue weighted by Gasteiger charge is 2.30. The van der Waals surface area contributed by atoms with Crippen molar-refractivity contribution in [2.45, 2.75) is 58.0 Å². The van der Waals surface area contributed by atoms with Crippen LogP contribution in [0.3, 0.4) is 0 Å². The molecule has 2 aliphatic rings. The number of hydrogen-bond acceptors (Lipinski definition) is 4. The minimum absolute atomic E-state index is 0.159. The molecule has 6 heteroatoms. The molecule has 5 nitrogen and oxygen atoms in total. The van der Waals surface area contributed by atoms with Crippen molar-refractivity contribution in [3.05, 3.63) is 16.0 Å². The number of rotatable bonds is 5. The van der Waals surface area contributed by atoms with E-state index in [0.29, 0.717) is 23.1 Å². The van der Waals surface area contributed by atoms with Gasteiger partial charge in [-0.15, -0.1) is 11.3 Å². The van der Waals surface area contributed by atoms with Crippen molar-refractivity contribution in [2.75, 3.05) is 11.9 Å². The first-order valence-electron chi connectivity index (χ1n) is 8.47. The minimum atomic E-state index is -0.445. The van der Waals surface area contributed by atoms with Crippen LogP contribution >= 0.6 is 11.3 Å². The molecule has 2 heterocycles. The second-order valence-corrected chi connectivity index (χ2v) is 7.57. The maximum Gasteiger partial charge on any atom is 0.254 e. The number of primary amides is 1. The summed E-state index contributed by atoms with van der Waals surface area (Å²) in [5.41, 5.74) is 7.16. The smallest absolute Gasteiger partial charge is 0.254 e. The van der Waals surface area contributed by atoms with Crippen LogP contribution in [0.15, 0.2) is 0 Å². The third-order valence-corrected chi connectivity index (χ3v) is 5.94. The van der Waals surface area contributed by atoms with E-state index in [1.165, 1.54) is 29.1 Å². The lowest BCUT2D eigenvalue weighted by Crippen LogP contribution is -2.27. The van der Waals surface area contributed by atoms with E-state index in [2.05, 4.69) is 12.2 Å². The number of anilines is 1. The first-order chi connectivity index (χ1) is 11.1. The normalized spacial score (nSPS) is 23.5. The molecule has 2 atom stereocenters. The van der Waals surface area contributed by atoms with Crippen LogP contribution in [0.4, 0.5) is 5.00 Å². The molecule has 0 saturated carbocycles. The van der Waals surface area contributed by atoms with Crippen molar-refractivity contribution in [3.8, 4) is 0 Å². The molecule has 0 radical (unpaired) electrons. The van der Waals surface area contributed by atoms with E-state index in [9.17, 15) is 9.59 Å². The van der Waals surface area contributed by atoms with Crippen molar-refractivity contribution in [1.29, 1.82) is 0 Å². The summed E-state index contributed by atoms with van der Waals surface area (Å²) in [6.45, 7) is 2.83. The first kappa shape index (κ1) is 16.5. The Bertz CT molecular complexity index is 605. The molecule has 0 aromatic carbocycles. The predicted molar refractivity (Wildman–Crippen MR) is 90.9 cm³/mol. The predicted octanol–water partition coefficient (Wildman–Crippen LogP) is 2.87. The number of fused-ring (bicyclic) bond motifs is 1. The number of carbonyl (C=O) groups is 2. The monoisotopic (exact) mass is 336 g/mol. The van der Waals surface area contributed by atoms with Gasteiger partial charge in [0.05, 0.1) is 5.56 Å². The van der Waals surface area contributed by atoms with Gasteiger partial charge in [0.25, 0.3) is 11.8 Å². The number of nitrogens with one attached hydrogen (secondary N) is 1. The van der Waals surface area contributed by atoms with Gasteiger partial charge in [-0.3, -0.25) is 9.59 Å². The molecule has 0 bridgehead atoms. The fraction of sp³-hybridized carbons (Fsp3) is 0.647. The zero-order valence-corrected chi connectivity index (χ0v) is 14.3. The Kier molecular flexibility index (Phi) is 5.02. The molecule has 1 saturated heterocycles. The zero-order valence-electron chi connectivity index (χ0n) is 13.5. The molecule has 1 fully saturated rings. The molecule has 0 spiro atoms. The van der Waals surface area contributed by atoms with Crippen molar-refractivity contribution in [1.82, 2.24) is 0 Å². The lowest BCUT2D eigenvalue weighted by molar-refractivity contribution is -0.124. The van der Waals surface area contributed by atoms with Gasteiger partial charge in [-0.05, 0) is 43.6 Å². The average Bonchev–Trinajstić information content (AvgIpc) is 3.14. The van der Waals surface area contributed by atoms with Gasteiger partial charge in [0.2, 0.25) is 0 Å². The van der Waals surface area contributed by atoms with Crippen LogP contribution in [0.5, 0.6) is 0 Å². The van der Waals surface area contributed by atoms with Crippen LogP contribution in [0, 0.1) is 5.92 Å². The third-order valence-electron chi connectivity index (χ3n) is 4.77. The lowest BCUT2D eigenvalue weighted by atomic mass is 9.84. The van der Waals surface area contributed by atoms with Gasteiger partial charge in [0.15, 0.2) is 0 Å². The van der Waals surface area contributed by atoms with Gasteiger partial charge >= 0.3 is 0 Å². The Morgan fingerprint density at radius 2 is 2.22 bits per heavy atom. The fourth-order valence-corrected chi connectivity index (χ4v) is 5.00. The maximum absolute atomic E-state index is 12.3. The molecule has 23 heavy (non-hydrogen) atoms. The molecule has 1 aliphatic carbocycles. The van der Waals surface area contributed by atoms with Crippen molar-refractivity contribution in [3.63, 3.8) is 0 Å². The van der Waals surface area contributed by atoms with E-state index < -0.39 is 12.0 Å². The molecule has 3 N–H and O–H groups in total. The molecule has 126 valence electrons. The van der Waals surface area contributed by atoms with Crippen LogP contribution in [0.25, 0.3) is 0 Å². The van der Waals surface area contributed by atoms with Gasteiger partial charge in [0.1, 0.15) is 11.1 Å². The standard InChI is InChI=1S/C17H24N2O3S/c1-2-4-10-6-7-11-13(9-10)23-17(14(11)15(18)20)19-16(21)12-5-3-8-22-12/h10,12H,2-9H2,1H3,(H2,18,20)(H,19,21)/t10-,12+/m0/s1. The number of thiophene rings is 1. The number of hydrogen-bond donors (Lipinski definition) is 2. The van der Waals surface area contributed by atoms with E-state index in [1.54, 1.807) is 0 Å². The van der Waals surface area contributed by atoms with Crippen LogP contribution in [-0.4, -0.2) is 24.5 Å². The third kappa shape index (κ3) is 3.43.